The molecule has 32 heavy (non-hydrogen) atoms. The van der Waals surface area contributed by atoms with Gasteiger partial charge in [0.2, 0.25) is 0 Å². The van der Waals surface area contributed by atoms with Gasteiger partial charge in [0.15, 0.2) is 0 Å². The lowest BCUT2D eigenvalue weighted by molar-refractivity contribution is -0.384. The molecule has 2 aromatic carbocycles. The van der Waals surface area contributed by atoms with Crippen LogP contribution in [0.2, 0.25) is 0 Å². The number of nitrogens with one attached hydrogen (secondary N) is 1. The Labute approximate surface area is 184 Å². The second-order valence-corrected chi connectivity index (χ2v) is 7.93. The van der Waals surface area contributed by atoms with Crippen LogP contribution in [0.5, 0.6) is 0 Å². The monoisotopic (exact) mass is 437 g/mol. The van der Waals surface area contributed by atoms with Gasteiger partial charge in [-0.1, -0.05) is 24.3 Å². The topological polar surface area (TPSA) is 113 Å². The first kappa shape index (κ1) is 22.5. The maximum atomic E-state index is 12.3. The molecule has 1 amide bonds. The number of nitro benzene ring substituents is 1. The average molecular weight is 437 g/mol. The fourth-order valence-corrected chi connectivity index (χ4v) is 3.07. The summed E-state index contributed by atoms with van der Waals surface area (Å²) >= 11 is 0. The van der Waals surface area contributed by atoms with Gasteiger partial charge >= 0.3 is 12.1 Å². The van der Waals surface area contributed by atoms with Gasteiger partial charge in [-0.3, -0.25) is 15.4 Å². The van der Waals surface area contributed by atoms with Gasteiger partial charge in [-0.15, -0.1) is 0 Å². The summed E-state index contributed by atoms with van der Waals surface area (Å²) in [5, 5.41) is 14.1. The van der Waals surface area contributed by atoms with E-state index < -0.39 is 22.6 Å². The molecule has 0 aliphatic rings. The second-order valence-electron chi connectivity index (χ2n) is 7.93. The smallest absolute Gasteiger partial charge is 0.412 e. The Morgan fingerprint density at radius 1 is 1.03 bits per heavy atom. The summed E-state index contributed by atoms with van der Waals surface area (Å²) in [4.78, 5) is 35.2. The van der Waals surface area contributed by atoms with Crippen molar-refractivity contribution in [1.29, 1.82) is 0 Å². The van der Waals surface area contributed by atoms with Gasteiger partial charge in [0.25, 0.3) is 5.69 Å². The van der Waals surface area contributed by atoms with Gasteiger partial charge in [-0.25, -0.2) is 9.59 Å². The molecule has 0 aliphatic carbocycles. The molecule has 166 valence electrons. The standard InChI is InChI=1S/C23H23N3O6/c1-23(2,3)32-22(28)24-17-11-9-15(10-12-17)16-13-20(21(27)31-4)25(14-16)18-7-5-6-8-19(18)26(29)30/h5-14H,1-4H3,(H,24,28). The number of nitrogens with zero attached hydrogens (tertiary/aromatic N) is 2. The lowest BCUT2D eigenvalue weighted by atomic mass is 10.1. The number of hydrogen-bond acceptors (Lipinski definition) is 6. The summed E-state index contributed by atoms with van der Waals surface area (Å²) in [6.45, 7) is 5.32. The zero-order chi connectivity index (χ0) is 23.5. The van der Waals surface area contributed by atoms with Crippen LogP contribution >= 0.6 is 0 Å². The highest BCUT2D eigenvalue weighted by molar-refractivity contribution is 5.91. The molecule has 0 saturated heterocycles. The molecule has 9 nitrogen and oxygen atoms in total. The van der Waals surface area contributed by atoms with Crippen LogP contribution in [0.4, 0.5) is 16.2 Å². The van der Waals surface area contributed by atoms with Crippen LogP contribution in [0.1, 0.15) is 31.3 Å². The summed E-state index contributed by atoms with van der Waals surface area (Å²) in [6.07, 6.45) is 1.06. The van der Waals surface area contributed by atoms with E-state index in [1.54, 1.807) is 75.5 Å². The van der Waals surface area contributed by atoms with Gasteiger partial charge in [0.1, 0.15) is 17.0 Å². The minimum Gasteiger partial charge on any atom is -0.464 e. The molecule has 0 atom stereocenters. The molecule has 3 aromatic rings. The Morgan fingerprint density at radius 3 is 2.28 bits per heavy atom. The molecule has 1 heterocycles. The maximum absolute atomic E-state index is 12.3. The Bertz CT molecular complexity index is 1160. The normalized spacial score (nSPS) is 11.0. The van der Waals surface area contributed by atoms with Crippen LogP contribution in [0.15, 0.2) is 60.8 Å². The van der Waals surface area contributed by atoms with E-state index in [-0.39, 0.29) is 17.1 Å². The average Bonchev–Trinajstić information content (AvgIpc) is 3.17. The Balaban J connectivity index is 1.95. The number of esters is 1. The van der Waals surface area contributed by atoms with E-state index in [0.29, 0.717) is 11.3 Å². The van der Waals surface area contributed by atoms with E-state index in [1.807, 2.05) is 0 Å². The van der Waals surface area contributed by atoms with Gasteiger partial charge in [0.05, 0.1) is 12.0 Å². The molecule has 0 saturated carbocycles. The van der Waals surface area contributed by atoms with Crippen LogP contribution in [0, 0.1) is 10.1 Å². The number of anilines is 1. The van der Waals surface area contributed by atoms with Crippen molar-refractivity contribution < 1.29 is 24.0 Å². The highest BCUT2D eigenvalue weighted by Crippen LogP contribution is 2.30. The molecule has 0 fully saturated rings. The maximum Gasteiger partial charge on any atom is 0.412 e. The number of ether oxygens (including phenoxy) is 2. The number of hydrogen-bond donors (Lipinski definition) is 1. The number of carbonyl (C=O) groups is 2. The molecule has 1 aromatic heterocycles. The first-order valence-electron chi connectivity index (χ1n) is 9.74. The predicted molar refractivity (Wildman–Crippen MR) is 119 cm³/mol. The van der Waals surface area contributed by atoms with Crippen molar-refractivity contribution in [3.05, 3.63) is 76.6 Å². The van der Waals surface area contributed by atoms with E-state index in [1.165, 1.54) is 17.7 Å². The quantitative estimate of drug-likeness (QED) is 0.334. The molecule has 0 unspecified atom stereocenters. The molecule has 9 heteroatoms. The van der Waals surface area contributed by atoms with E-state index in [9.17, 15) is 19.7 Å². The van der Waals surface area contributed by atoms with Crippen molar-refractivity contribution in [3.8, 4) is 16.8 Å². The van der Waals surface area contributed by atoms with Crippen molar-refractivity contribution >= 4 is 23.4 Å². The van der Waals surface area contributed by atoms with Gasteiger partial charge in [-0.2, -0.15) is 0 Å². The van der Waals surface area contributed by atoms with Crippen LogP contribution in [0.3, 0.4) is 0 Å². The number of benzene rings is 2. The van der Waals surface area contributed by atoms with Crippen molar-refractivity contribution in [1.82, 2.24) is 4.57 Å². The molecule has 0 radical (unpaired) electrons. The molecule has 0 spiro atoms. The van der Waals surface area contributed by atoms with Crippen molar-refractivity contribution in [2.75, 3.05) is 12.4 Å². The van der Waals surface area contributed by atoms with E-state index in [0.717, 1.165) is 5.56 Å². The van der Waals surface area contributed by atoms with Crippen LogP contribution < -0.4 is 5.32 Å². The zero-order valence-electron chi connectivity index (χ0n) is 18.1. The zero-order valence-corrected chi connectivity index (χ0v) is 18.1. The summed E-state index contributed by atoms with van der Waals surface area (Å²) < 4.78 is 11.5. The summed E-state index contributed by atoms with van der Waals surface area (Å²) in [6, 6.07) is 14.6. The molecule has 1 N–H and O–H groups in total. The van der Waals surface area contributed by atoms with E-state index >= 15 is 0 Å². The van der Waals surface area contributed by atoms with E-state index in [4.69, 9.17) is 9.47 Å². The fraction of sp³-hybridized carbons (Fsp3) is 0.217. The highest BCUT2D eigenvalue weighted by atomic mass is 16.6. The summed E-state index contributed by atoms with van der Waals surface area (Å²) in [7, 11) is 1.25. The highest BCUT2D eigenvalue weighted by Gasteiger charge is 2.22. The minimum absolute atomic E-state index is 0.142. The third-order valence-electron chi connectivity index (χ3n) is 4.42. The van der Waals surface area contributed by atoms with E-state index in [2.05, 4.69) is 5.32 Å². The number of methoxy groups -OCH3 is 1. The fourth-order valence-electron chi connectivity index (χ4n) is 3.07. The Morgan fingerprint density at radius 2 is 1.69 bits per heavy atom. The number of amides is 1. The molecular weight excluding hydrogens is 414 g/mol. The van der Waals surface area contributed by atoms with Crippen LogP contribution in [-0.4, -0.2) is 34.3 Å². The Kier molecular flexibility index (Phi) is 6.29. The number of nitro groups is 1. The molecule has 0 aliphatic heterocycles. The molecular formula is C23H23N3O6. The van der Waals surface area contributed by atoms with Gasteiger partial charge < -0.3 is 14.0 Å². The van der Waals surface area contributed by atoms with Crippen LogP contribution in [-0.2, 0) is 9.47 Å². The third kappa shape index (κ3) is 5.12. The largest absolute Gasteiger partial charge is 0.464 e. The van der Waals surface area contributed by atoms with Crippen molar-refractivity contribution in [2.24, 2.45) is 0 Å². The van der Waals surface area contributed by atoms with Crippen LogP contribution in [0.25, 0.3) is 16.8 Å². The molecule has 3 rings (SSSR count). The van der Waals surface area contributed by atoms with Gasteiger partial charge in [0, 0.05) is 23.5 Å². The predicted octanol–water partition coefficient (Wildman–Crippen LogP) is 5.19. The first-order valence-corrected chi connectivity index (χ1v) is 9.74. The lowest BCUT2D eigenvalue weighted by Gasteiger charge is -2.19. The first-order chi connectivity index (χ1) is 15.1. The van der Waals surface area contributed by atoms with Crippen molar-refractivity contribution in [2.45, 2.75) is 26.4 Å². The molecule has 0 bridgehead atoms. The second kappa shape index (κ2) is 8.93. The lowest BCUT2D eigenvalue weighted by Crippen LogP contribution is -2.27. The SMILES string of the molecule is COC(=O)c1cc(-c2ccc(NC(=O)OC(C)(C)C)cc2)cn1-c1ccccc1[N+](=O)[O-]. The Hall–Kier alpha value is -4.14. The number of rotatable bonds is 5. The number of carbonyl (C=O) groups excluding carboxylic acids is 2. The number of para-hydroxylation sites is 2. The minimum atomic E-state index is -0.627. The summed E-state index contributed by atoms with van der Waals surface area (Å²) in [5.74, 6) is -0.627. The van der Waals surface area contributed by atoms with Crippen molar-refractivity contribution in [3.63, 3.8) is 0 Å². The number of aromatic nitrogens is 1. The summed E-state index contributed by atoms with van der Waals surface area (Å²) in [5.41, 5.74) is 1.55. The van der Waals surface area contributed by atoms with Gasteiger partial charge in [-0.05, 0) is 50.6 Å². The third-order valence-corrected chi connectivity index (χ3v) is 4.42.